The summed E-state index contributed by atoms with van der Waals surface area (Å²) < 4.78 is 5.08. The molecule has 0 radical (unpaired) electrons. The van der Waals surface area contributed by atoms with Gasteiger partial charge in [0.25, 0.3) is 0 Å². The molecule has 1 aliphatic heterocycles. The quantitative estimate of drug-likeness (QED) is 0.541. The molecule has 3 nitrogen and oxygen atoms in total. The van der Waals surface area contributed by atoms with Gasteiger partial charge in [0.1, 0.15) is 5.76 Å². The van der Waals surface area contributed by atoms with Crippen molar-refractivity contribution < 1.29 is 4.42 Å². The third-order valence-electron chi connectivity index (χ3n) is 1.55. The van der Waals surface area contributed by atoms with Crippen molar-refractivity contribution in [3.63, 3.8) is 0 Å². The van der Waals surface area contributed by atoms with Crippen LogP contribution in [0.1, 0.15) is 11.5 Å². The molecule has 0 unspecified atom stereocenters. The first-order valence-corrected chi connectivity index (χ1v) is 3.09. The van der Waals surface area contributed by atoms with E-state index in [4.69, 9.17) is 4.42 Å². The highest BCUT2D eigenvalue weighted by atomic mass is 16.3. The van der Waals surface area contributed by atoms with Crippen molar-refractivity contribution in [1.82, 2.24) is 10.3 Å². The molecule has 0 aromatic carbocycles. The average molecular weight is 124 g/mol. The first-order chi connectivity index (χ1) is 4.47. The molecule has 0 bridgehead atoms. The Morgan fingerprint density at radius 3 is 3.56 bits per heavy atom. The zero-order valence-electron chi connectivity index (χ0n) is 5.05. The van der Waals surface area contributed by atoms with Crippen LogP contribution in [0, 0.1) is 0 Å². The highest BCUT2D eigenvalue weighted by molar-refractivity contribution is 5.09. The molecule has 48 valence electrons. The van der Waals surface area contributed by atoms with Crippen molar-refractivity contribution in [2.75, 3.05) is 6.54 Å². The second kappa shape index (κ2) is 1.84. The Hall–Kier alpha value is -0.830. The van der Waals surface area contributed by atoms with Crippen molar-refractivity contribution in [1.29, 1.82) is 0 Å². The summed E-state index contributed by atoms with van der Waals surface area (Å²) >= 11 is 0. The van der Waals surface area contributed by atoms with Gasteiger partial charge in [-0.05, 0) is 0 Å². The molecule has 0 spiro atoms. The van der Waals surface area contributed by atoms with Gasteiger partial charge in [-0.2, -0.15) is 0 Å². The largest absolute Gasteiger partial charge is 0.447 e. The van der Waals surface area contributed by atoms with E-state index < -0.39 is 0 Å². The normalized spacial score (nSPS) is 17.3. The first kappa shape index (κ1) is 4.99. The molecule has 1 N–H and O–H groups in total. The maximum absolute atomic E-state index is 5.08. The second-order valence-corrected chi connectivity index (χ2v) is 2.15. The van der Waals surface area contributed by atoms with Crippen LogP contribution >= 0.6 is 0 Å². The maximum atomic E-state index is 5.08. The minimum Gasteiger partial charge on any atom is -0.447 e. The van der Waals surface area contributed by atoms with E-state index in [9.17, 15) is 0 Å². The summed E-state index contributed by atoms with van der Waals surface area (Å²) in [4.78, 5) is 4.05. The third-order valence-corrected chi connectivity index (χ3v) is 1.55. The third kappa shape index (κ3) is 0.733. The average Bonchev–Trinajstić information content (AvgIpc) is 2.33. The molecule has 0 atom stereocenters. The Morgan fingerprint density at radius 2 is 2.67 bits per heavy atom. The molecule has 2 rings (SSSR count). The summed E-state index contributed by atoms with van der Waals surface area (Å²) in [5, 5.41) is 3.19. The van der Waals surface area contributed by atoms with Gasteiger partial charge in [-0.15, -0.1) is 0 Å². The second-order valence-electron chi connectivity index (χ2n) is 2.15. The molecule has 0 amide bonds. The van der Waals surface area contributed by atoms with E-state index in [2.05, 4.69) is 10.3 Å². The predicted octanol–water partition coefficient (Wildman–Crippen LogP) is 0.320. The maximum Gasteiger partial charge on any atom is 0.181 e. The van der Waals surface area contributed by atoms with Gasteiger partial charge in [0, 0.05) is 13.0 Å². The van der Waals surface area contributed by atoms with Gasteiger partial charge in [0.05, 0.1) is 12.2 Å². The van der Waals surface area contributed by atoms with Gasteiger partial charge < -0.3 is 9.73 Å². The number of rotatable bonds is 0. The van der Waals surface area contributed by atoms with Crippen molar-refractivity contribution in [2.24, 2.45) is 0 Å². The van der Waals surface area contributed by atoms with E-state index in [0.29, 0.717) is 0 Å². The number of hydrogen-bond donors (Lipinski definition) is 1. The first-order valence-electron chi connectivity index (χ1n) is 3.09. The zero-order valence-corrected chi connectivity index (χ0v) is 5.05. The highest BCUT2D eigenvalue weighted by Gasteiger charge is 2.11. The molecule has 1 aromatic heterocycles. The number of hydrogen-bond acceptors (Lipinski definition) is 3. The van der Waals surface area contributed by atoms with Gasteiger partial charge >= 0.3 is 0 Å². The molecular formula is C6H8N2O. The Labute approximate surface area is 53.1 Å². The van der Waals surface area contributed by atoms with Crippen LogP contribution in [0.3, 0.4) is 0 Å². The summed E-state index contributed by atoms with van der Waals surface area (Å²) in [6, 6.07) is 0. The van der Waals surface area contributed by atoms with E-state index in [0.717, 1.165) is 31.0 Å². The molecule has 0 saturated carbocycles. The molecule has 0 aliphatic carbocycles. The number of aromatic nitrogens is 1. The standard InChI is InChI=1S/C6H8N2O/c1-2-7-3-6-5(1)8-4-9-6/h4,7H,1-3H2. The lowest BCUT2D eigenvalue weighted by Gasteiger charge is -2.08. The van der Waals surface area contributed by atoms with Crippen molar-refractivity contribution in [2.45, 2.75) is 13.0 Å². The number of oxazole rings is 1. The lowest BCUT2D eigenvalue weighted by atomic mass is 10.2. The minimum absolute atomic E-state index is 0.843. The fourth-order valence-electron chi connectivity index (χ4n) is 1.05. The monoisotopic (exact) mass is 124 g/mol. The van der Waals surface area contributed by atoms with Gasteiger partial charge in [-0.1, -0.05) is 0 Å². The SMILES string of the molecule is c1nc2c(o1)CNCC2. The van der Waals surface area contributed by atoms with Crippen molar-refractivity contribution in [3.05, 3.63) is 17.8 Å². The molecule has 3 heteroatoms. The Balaban J connectivity index is 2.39. The van der Waals surface area contributed by atoms with Gasteiger partial charge in [-0.25, -0.2) is 4.98 Å². The van der Waals surface area contributed by atoms with E-state index in [1.165, 1.54) is 6.39 Å². The summed E-state index contributed by atoms with van der Waals surface area (Å²) in [7, 11) is 0. The van der Waals surface area contributed by atoms with Crippen LogP contribution in [-0.4, -0.2) is 11.5 Å². The molecule has 1 aromatic rings. The lowest BCUT2D eigenvalue weighted by Crippen LogP contribution is -2.22. The Bertz CT molecular complexity index is 186. The van der Waals surface area contributed by atoms with Crippen molar-refractivity contribution in [3.8, 4) is 0 Å². The minimum atomic E-state index is 0.843. The topological polar surface area (TPSA) is 38.1 Å². The van der Waals surface area contributed by atoms with Crippen LogP contribution in [0.4, 0.5) is 0 Å². The molecule has 0 fully saturated rings. The number of nitrogens with one attached hydrogen (secondary N) is 1. The highest BCUT2D eigenvalue weighted by Crippen LogP contribution is 2.09. The fourth-order valence-corrected chi connectivity index (χ4v) is 1.05. The predicted molar refractivity (Wildman–Crippen MR) is 31.9 cm³/mol. The Morgan fingerprint density at radius 1 is 1.67 bits per heavy atom. The molecular weight excluding hydrogens is 116 g/mol. The zero-order chi connectivity index (χ0) is 6.10. The van der Waals surface area contributed by atoms with Crippen LogP contribution in [0.25, 0.3) is 0 Å². The summed E-state index contributed by atoms with van der Waals surface area (Å²) in [6.07, 6.45) is 2.52. The van der Waals surface area contributed by atoms with Crippen LogP contribution in [-0.2, 0) is 13.0 Å². The number of fused-ring (bicyclic) bond motifs is 1. The summed E-state index contributed by atoms with van der Waals surface area (Å²) in [5.74, 6) is 1.00. The lowest BCUT2D eigenvalue weighted by molar-refractivity contribution is 0.462. The smallest absolute Gasteiger partial charge is 0.181 e. The molecule has 9 heavy (non-hydrogen) atoms. The van der Waals surface area contributed by atoms with Crippen LogP contribution in [0.15, 0.2) is 10.8 Å². The van der Waals surface area contributed by atoms with Gasteiger partial charge in [0.15, 0.2) is 6.39 Å². The van der Waals surface area contributed by atoms with E-state index >= 15 is 0 Å². The van der Waals surface area contributed by atoms with Crippen LogP contribution < -0.4 is 5.32 Å². The Kier molecular flexibility index (Phi) is 1.02. The summed E-state index contributed by atoms with van der Waals surface area (Å²) in [6.45, 7) is 1.87. The van der Waals surface area contributed by atoms with Gasteiger partial charge in [-0.3, -0.25) is 0 Å². The number of nitrogens with zero attached hydrogens (tertiary/aromatic N) is 1. The van der Waals surface area contributed by atoms with Crippen LogP contribution in [0.5, 0.6) is 0 Å². The van der Waals surface area contributed by atoms with Crippen LogP contribution in [0.2, 0.25) is 0 Å². The summed E-state index contributed by atoms with van der Waals surface area (Å²) in [5.41, 5.74) is 1.12. The molecule has 2 heterocycles. The molecule has 0 saturated heterocycles. The molecule has 1 aliphatic rings. The fraction of sp³-hybridized carbons (Fsp3) is 0.500. The van der Waals surface area contributed by atoms with E-state index in [1.807, 2.05) is 0 Å². The van der Waals surface area contributed by atoms with E-state index in [-0.39, 0.29) is 0 Å². The van der Waals surface area contributed by atoms with E-state index in [1.54, 1.807) is 0 Å². The van der Waals surface area contributed by atoms with Crippen molar-refractivity contribution >= 4 is 0 Å². The van der Waals surface area contributed by atoms with Gasteiger partial charge in [0.2, 0.25) is 0 Å².